The zero-order valence-corrected chi connectivity index (χ0v) is 13.7. The molecule has 0 saturated carbocycles. The van der Waals surface area contributed by atoms with E-state index in [-0.39, 0.29) is 11.5 Å². The van der Waals surface area contributed by atoms with Crippen LogP contribution in [0.3, 0.4) is 0 Å². The number of carbonyl (C=O) groups is 1. The first-order valence-electron chi connectivity index (χ1n) is 7.40. The van der Waals surface area contributed by atoms with Gasteiger partial charge in [-0.05, 0) is 48.2 Å². The molecule has 0 saturated heterocycles. The predicted molar refractivity (Wildman–Crippen MR) is 98.4 cm³/mol. The smallest absolute Gasteiger partial charge is 0.255 e. The predicted octanol–water partition coefficient (Wildman–Crippen LogP) is 4.14. The van der Waals surface area contributed by atoms with Crippen LogP contribution >= 0.6 is 11.6 Å². The standard InChI is InChI=1S/C19H15ClN2O2/c1-12-6-8-15(20)11-17(12)21-18(23)9-7-14-10-13-4-2-3-5-16(13)22-19(14)24/h2-11H,1H3,(H,21,23)(H,22,24)/b9-7+. The van der Waals surface area contributed by atoms with Crippen molar-refractivity contribution in [2.45, 2.75) is 6.92 Å². The van der Waals surface area contributed by atoms with Crippen LogP contribution in [0.25, 0.3) is 17.0 Å². The minimum absolute atomic E-state index is 0.239. The highest BCUT2D eigenvalue weighted by molar-refractivity contribution is 6.31. The normalized spacial score (nSPS) is 11.1. The number of H-pyrrole nitrogens is 1. The Balaban J connectivity index is 1.82. The number of rotatable bonds is 3. The van der Waals surface area contributed by atoms with Crippen LogP contribution in [0.5, 0.6) is 0 Å². The summed E-state index contributed by atoms with van der Waals surface area (Å²) in [5.74, 6) is -0.326. The Hall–Kier alpha value is -2.85. The van der Waals surface area contributed by atoms with Crippen molar-refractivity contribution in [1.82, 2.24) is 4.98 Å². The van der Waals surface area contributed by atoms with E-state index in [2.05, 4.69) is 10.3 Å². The minimum atomic E-state index is -0.326. The summed E-state index contributed by atoms with van der Waals surface area (Å²) < 4.78 is 0. The number of hydrogen-bond donors (Lipinski definition) is 2. The molecule has 0 fully saturated rings. The third-order valence-electron chi connectivity index (χ3n) is 3.65. The topological polar surface area (TPSA) is 62.0 Å². The number of carbonyl (C=O) groups excluding carboxylic acids is 1. The van der Waals surface area contributed by atoms with E-state index in [9.17, 15) is 9.59 Å². The van der Waals surface area contributed by atoms with Crippen LogP contribution in [0.1, 0.15) is 11.1 Å². The Morgan fingerprint density at radius 2 is 1.96 bits per heavy atom. The van der Waals surface area contributed by atoms with Gasteiger partial charge in [-0.3, -0.25) is 9.59 Å². The van der Waals surface area contributed by atoms with E-state index in [4.69, 9.17) is 11.6 Å². The van der Waals surface area contributed by atoms with Gasteiger partial charge in [0.15, 0.2) is 0 Å². The highest BCUT2D eigenvalue weighted by atomic mass is 35.5. The lowest BCUT2D eigenvalue weighted by Crippen LogP contribution is -2.11. The van der Waals surface area contributed by atoms with E-state index < -0.39 is 0 Å². The number of aryl methyl sites for hydroxylation is 1. The number of aromatic amines is 1. The van der Waals surface area contributed by atoms with Crippen LogP contribution in [-0.4, -0.2) is 10.9 Å². The van der Waals surface area contributed by atoms with E-state index in [0.29, 0.717) is 16.3 Å². The Kier molecular flexibility index (Phi) is 4.49. The fourth-order valence-corrected chi connectivity index (χ4v) is 2.53. The number of amides is 1. The highest BCUT2D eigenvalue weighted by Crippen LogP contribution is 2.20. The average Bonchev–Trinajstić information content (AvgIpc) is 2.56. The number of anilines is 1. The molecule has 2 N–H and O–H groups in total. The number of pyridine rings is 1. The Bertz CT molecular complexity index is 1010. The summed E-state index contributed by atoms with van der Waals surface area (Å²) in [5.41, 5.74) is 2.50. The molecule has 0 atom stereocenters. The van der Waals surface area contributed by atoms with Gasteiger partial charge in [0.2, 0.25) is 5.91 Å². The van der Waals surface area contributed by atoms with E-state index >= 15 is 0 Å². The van der Waals surface area contributed by atoms with Gasteiger partial charge < -0.3 is 10.3 Å². The Labute approximate surface area is 143 Å². The first-order chi connectivity index (χ1) is 11.5. The first-order valence-corrected chi connectivity index (χ1v) is 7.78. The number of nitrogens with one attached hydrogen (secondary N) is 2. The zero-order valence-electron chi connectivity index (χ0n) is 13.0. The summed E-state index contributed by atoms with van der Waals surface area (Å²) in [6, 6.07) is 14.5. The molecule has 2 aromatic carbocycles. The fraction of sp³-hybridized carbons (Fsp3) is 0.0526. The maximum Gasteiger partial charge on any atom is 0.255 e. The van der Waals surface area contributed by atoms with Gasteiger partial charge in [-0.15, -0.1) is 0 Å². The monoisotopic (exact) mass is 338 g/mol. The van der Waals surface area contributed by atoms with Gasteiger partial charge in [-0.25, -0.2) is 0 Å². The van der Waals surface area contributed by atoms with Crippen molar-refractivity contribution in [2.24, 2.45) is 0 Å². The molecule has 120 valence electrons. The van der Waals surface area contributed by atoms with E-state index in [1.807, 2.05) is 37.3 Å². The molecular formula is C19H15ClN2O2. The van der Waals surface area contributed by atoms with Gasteiger partial charge in [0.05, 0.1) is 0 Å². The molecule has 0 aliphatic heterocycles. The summed E-state index contributed by atoms with van der Waals surface area (Å²) in [7, 11) is 0. The van der Waals surface area contributed by atoms with Crippen molar-refractivity contribution >= 4 is 40.2 Å². The molecule has 0 unspecified atom stereocenters. The molecule has 5 heteroatoms. The van der Waals surface area contributed by atoms with Crippen molar-refractivity contribution in [3.05, 3.63) is 81.1 Å². The lowest BCUT2D eigenvalue weighted by molar-refractivity contribution is -0.111. The quantitative estimate of drug-likeness (QED) is 0.705. The molecule has 3 rings (SSSR count). The number of halogens is 1. The van der Waals surface area contributed by atoms with E-state index in [1.165, 1.54) is 12.2 Å². The van der Waals surface area contributed by atoms with E-state index in [0.717, 1.165) is 16.5 Å². The molecule has 4 nitrogen and oxygen atoms in total. The second-order valence-corrected chi connectivity index (χ2v) is 5.86. The van der Waals surface area contributed by atoms with Gasteiger partial charge in [0, 0.05) is 27.9 Å². The number of aromatic nitrogens is 1. The van der Waals surface area contributed by atoms with Crippen molar-refractivity contribution in [3.63, 3.8) is 0 Å². The largest absolute Gasteiger partial charge is 0.322 e. The van der Waals surface area contributed by atoms with Crippen molar-refractivity contribution in [2.75, 3.05) is 5.32 Å². The third kappa shape index (κ3) is 3.55. The molecule has 1 aromatic heterocycles. The minimum Gasteiger partial charge on any atom is -0.322 e. The lowest BCUT2D eigenvalue weighted by Gasteiger charge is -2.06. The zero-order chi connectivity index (χ0) is 17.1. The molecule has 0 bridgehead atoms. The second kappa shape index (κ2) is 6.72. The molecule has 0 aliphatic rings. The van der Waals surface area contributed by atoms with Gasteiger partial charge in [0.1, 0.15) is 0 Å². The van der Waals surface area contributed by atoms with Gasteiger partial charge >= 0.3 is 0 Å². The Morgan fingerprint density at radius 1 is 1.17 bits per heavy atom. The highest BCUT2D eigenvalue weighted by Gasteiger charge is 2.04. The molecule has 0 radical (unpaired) electrons. The van der Waals surface area contributed by atoms with Crippen LogP contribution in [0, 0.1) is 6.92 Å². The van der Waals surface area contributed by atoms with Crippen molar-refractivity contribution in [1.29, 1.82) is 0 Å². The molecule has 1 heterocycles. The second-order valence-electron chi connectivity index (χ2n) is 5.42. The summed E-state index contributed by atoms with van der Waals surface area (Å²) in [6.45, 7) is 1.88. The fourth-order valence-electron chi connectivity index (χ4n) is 2.36. The van der Waals surface area contributed by atoms with Crippen LogP contribution in [0.2, 0.25) is 5.02 Å². The van der Waals surface area contributed by atoms with Crippen LogP contribution in [-0.2, 0) is 4.79 Å². The molecule has 3 aromatic rings. The third-order valence-corrected chi connectivity index (χ3v) is 3.89. The average molecular weight is 339 g/mol. The molecule has 0 spiro atoms. The lowest BCUT2D eigenvalue weighted by atomic mass is 10.1. The van der Waals surface area contributed by atoms with Gasteiger partial charge in [-0.2, -0.15) is 0 Å². The Morgan fingerprint density at radius 3 is 2.79 bits per heavy atom. The van der Waals surface area contributed by atoms with Crippen molar-refractivity contribution in [3.8, 4) is 0 Å². The number of benzene rings is 2. The summed E-state index contributed by atoms with van der Waals surface area (Å²) in [6.07, 6.45) is 2.83. The van der Waals surface area contributed by atoms with Gasteiger partial charge in [-0.1, -0.05) is 35.9 Å². The summed E-state index contributed by atoms with van der Waals surface area (Å²) in [4.78, 5) is 26.9. The number of fused-ring (bicyclic) bond motifs is 1. The SMILES string of the molecule is Cc1ccc(Cl)cc1NC(=O)/C=C/c1cc2ccccc2[nH]c1=O. The van der Waals surface area contributed by atoms with E-state index in [1.54, 1.807) is 18.2 Å². The van der Waals surface area contributed by atoms with Crippen LogP contribution in [0.15, 0.2) is 59.4 Å². The molecule has 0 aliphatic carbocycles. The van der Waals surface area contributed by atoms with Gasteiger partial charge in [0.25, 0.3) is 5.56 Å². The summed E-state index contributed by atoms with van der Waals surface area (Å²) >= 11 is 5.93. The van der Waals surface area contributed by atoms with Crippen LogP contribution in [0.4, 0.5) is 5.69 Å². The first kappa shape index (κ1) is 16.0. The molecule has 24 heavy (non-hydrogen) atoms. The van der Waals surface area contributed by atoms with Crippen molar-refractivity contribution < 1.29 is 4.79 Å². The maximum absolute atomic E-state index is 12.1. The summed E-state index contributed by atoms with van der Waals surface area (Å²) in [5, 5.41) is 4.21. The van der Waals surface area contributed by atoms with Crippen LogP contribution < -0.4 is 10.9 Å². The molecule has 1 amide bonds. The number of hydrogen-bond acceptors (Lipinski definition) is 2. The molecular weight excluding hydrogens is 324 g/mol. The maximum atomic E-state index is 12.1. The number of para-hydroxylation sites is 1.